The van der Waals surface area contributed by atoms with E-state index in [-0.39, 0.29) is 11.9 Å². The van der Waals surface area contributed by atoms with Gasteiger partial charge in [-0.25, -0.2) is 17.2 Å². The molecule has 3 rings (SSSR count). The number of amidine groups is 1. The molecular formula is C26H29F2N5O5S. The van der Waals surface area contributed by atoms with E-state index < -0.39 is 38.5 Å². The third-order valence-corrected chi connectivity index (χ3v) is 6.51. The number of sulfonamides is 1. The van der Waals surface area contributed by atoms with Crippen LogP contribution in [0.15, 0.2) is 65.6 Å². The zero-order valence-electron chi connectivity index (χ0n) is 21.4. The van der Waals surface area contributed by atoms with E-state index in [9.17, 15) is 22.0 Å². The van der Waals surface area contributed by atoms with Gasteiger partial charge in [-0.3, -0.25) is 15.6 Å². The summed E-state index contributed by atoms with van der Waals surface area (Å²) < 4.78 is 64.0. The van der Waals surface area contributed by atoms with Crippen LogP contribution >= 0.6 is 0 Å². The SMILES string of the molecule is CCOc1cc(C(Nc2ccc(C(=N)N)cc2)C(=O)NNS(=O)(=O)c2ccc(F)cc2F)ccc1OC(C)C. The minimum atomic E-state index is -4.58. The van der Waals surface area contributed by atoms with Crippen LogP contribution in [-0.4, -0.2) is 32.9 Å². The molecule has 39 heavy (non-hydrogen) atoms. The number of nitrogens with one attached hydrogen (secondary N) is 4. The number of nitrogen functional groups attached to an aromatic ring is 1. The van der Waals surface area contributed by atoms with Gasteiger partial charge in [0.05, 0.1) is 12.7 Å². The van der Waals surface area contributed by atoms with Gasteiger partial charge in [0.2, 0.25) is 0 Å². The lowest BCUT2D eigenvalue weighted by atomic mass is 10.0. The Morgan fingerprint density at radius 3 is 2.31 bits per heavy atom. The van der Waals surface area contributed by atoms with Crippen LogP contribution < -0.4 is 30.8 Å². The second kappa shape index (κ2) is 12.5. The molecular weight excluding hydrogens is 532 g/mol. The first kappa shape index (κ1) is 29.3. The van der Waals surface area contributed by atoms with Crippen molar-refractivity contribution in [1.29, 1.82) is 5.41 Å². The number of nitrogens with two attached hydrogens (primary N) is 1. The number of ether oxygens (including phenoxy) is 2. The quantitative estimate of drug-likeness (QED) is 0.129. The predicted octanol–water partition coefficient (Wildman–Crippen LogP) is 3.60. The highest BCUT2D eigenvalue weighted by Crippen LogP contribution is 2.33. The molecule has 0 heterocycles. The summed E-state index contributed by atoms with van der Waals surface area (Å²) in [4.78, 5) is 14.3. The Morgan fingerprint density at radius 1 is 1.03 bits per heavy atom. The number of hydrogen-bond acceptors (Lipinski definition) is 7. The van der Waals surface area contributed by atoms with Crippen LogP contribution in [0.1, 0.15) is 37.9 Å². The molecule has 0 aliphatic rings. The molecule has 0 fully saturated rings. The normalized spacial score (nSPS) is 12.1. The van der Waals surface area contributed by atoms with E-state index in [0.29, 0.717) is 41.0 Å². The van der Waals surface area contributed by atoms with Gasteiger partial charge in [0.15, 0.2) is 11.5 Å². The molecule has 208 valence electrons. The first-order valence-electron chi connectivity index (χ1n) is 11.8. The van der Waals surface area contributed by atoms with Crippen molar-refractivity contribution in [3.8, 4) is 11.5 Å². The lowest BCUT2D eigenvalue weighted by molar-refractivity contribution is -0.122. The van der Waals surface area contributed by atoms with Crippen LogP contribution in [-0.2, 0) is 14.8 Å². The first-order chi connectivity index (χ1) is 18.4. The van der Waals surface area contributed by atoms with Crippen molar-refractivity contribution < 1.29 is 31.5 Å². The first-order valence-corrected chi connectivity index (χ1v) is 13.3. The molecule has 3 aromatic rings. The standard InChI is InChI=1S/C26H29F2N5O5S/c1-4-37-22-13-17(7-11-21(22)38-15(2)3)24(31-19-9-5-16(6-10-19)25(29)30)26(34)32-33-39(35,36)23-12-8-18(27)14-20(23)28/h5-15,24,31,33H,4H2,1-3H3,(H3,29,30)(H,32,34). The Labute approximate surface area is 225 Å². The molecule has 0 aliphatic heterocycles. The van der Waals surface area contributed by atoms with Crippen molar-refractivity contribution in [1.82, 2.24) is 10.3 Å². The van der Waals surface area contributed by atoms with E-state index in [1.54, 1.807) is 49.4 Å². The van der Waals surface area contributed by atoms with Crippen LogP contribution in [0.3, 0.4) is 0 Å². The number of rotatable bonds is 12. The van der Waals surface area contributed by atoms with E-state index in [1.807, 2.05) is 18.7 Å². The summed E-state index contributed by atoms with van der Waals surface area (Å²) >= 11 is 0. The average Bonchev–Trinajstić information content (AvgIpc) is 2.87. The lowest BCUT2D eigenvalue weighted by Crippen LogP contribution is -2.45. The highest BCUT2D eigenvalue weighted by Gasteiger charge is 2.26. The molecule has 13 heteroatoms. The van der Waals surface area contributed by atoms with Crippen LogP contribution in [0.2, 0.25) is 0 Å². The van der Waals surface area contributed by atoms with Gasteiger partial charge >= 0.3 is 0 Å². The van der Waals surface area contributed by atoms with Crippen molar-refractivity contribution in [3.05, 3.63) is 83.4 Å². The molecule has 3 aromatic carbocycles. The largest absolute Gasteiger partial charge is 0.490 e. The molecule has 1 atom stereocenters. The molecule has 0 saturated heterocycles. The molecule has 0 spiro atoms. The van der Waals surface area contributed by atoms with Crippen molar-refractivity contribution in [2.75, 3.05) is 11.9 Å². The van der Waals surface area contributed by atoms with E-state index in [2.05, 4.69) is 10.7 Å². The molecule has 0 saturated carbocycles. The van der Waals surface area contributed by atoms with Gasteiger partial charge in [-0.2, -0.15) is 0 Å². The topological polar surface area (TPSA) is 156 Å². The summed E-state index contributed by atoms with van der Waals surface area (Å²) in [5.41, 5.74) is 8.89. The molecule has 10 nitrogen and oxygen atoms in total. The maximum absolute atomic E-state index is 14.1. The Hall–Kier alpha value is -4.23. The lowest BCUT2D eigenvalue weighted by Gasteiger charge is -2.22. The molecule has 0 aliphatic carbocycles. The second-order valence-corrected chi connectivity index (χ2v) is 10.2. The smallest absolute Gasteiger partial charge is 0.262 e. The van der Waals surface area contributed by atoms with Crippen molar-refractivity contribution in [2.24, 2.45) is 5.73 Å². The molecule has 6 N–H and O–H groups in total. The fourth-order valence-electron chi connectivity index (χ4n) is 3.47. The average molecular weight is 562 g/mol. The van der Waals surface area contributed by atoms with Gasteiger partial charge in [0.1, 0.15) is 28.4 Å². The Morgan fingerprint density at radius 2 is 1.72 bits per heavy atom. The molecule has 0 bridgehead atoms. The molecule has 1 unspecified atom stereocenters. The Kier molecular flexibility index (Phi) is 9.43. The number of anilines is 1. The third-order valence-electron chi connectivity index (χ3n) is 5.22. The molecule has 1 amide bonds. The fourth-order valence-corrected chi connectivity index (χ4v) is 4.38. The van der Waals surface area contributed by atoms with Gasteiger partial charge in [-0.1, -0.05) is 6.07 Å². The monoisotopic (exact) mass is 561 g/mol. The maximum atomic E-state index is 14.1. The summed E-state index contributed by atoms with van der Waals surface area (Å²) in [5.74, 6) is -2.45. The summed E-state index contributed by atoms with van der Waals surface area (Å²) in [6.07, 6.45) is -0.145. The fraction of sp³-hybridized carbons (Fsp3) is 0.231. The number of carbonyl (C=O) groups is 1. The van der Waals surface area contributed by atoms with Crippen molar-refractivity contribution in [3.63, 3.8) is 0 Å². The van der Waals surface area contributed by atoms with Gasteiger partial charge in [0, 0.05) is 17.3 Å². The summed E-state index contributed by atoms with van der Waals surface area (Å²) in [7, 11) is -4.58. The minimum absolute atomic E-state index is 0.139. The van der Waals surface area contributed by atoms with E-state index >= 15 is 0 Å². The van der Waals surface area contributed by atoms with Gasteiger partial charge in [-0.15, -0.1) is 4.83 Å². The van der Waals surface area contributed by atoms with Gasteiger partial charge in [-0.05, 0) is 74.9 Å². The zero-order chi connectivity index (χ0) is 28.7. The number of benzene rings is 3. The number of carbonyl (C=O) groups excluding carboxylic acids is 1. The number of hydrogen-bond donors (Lipinski definition) is 5. The highest BCUT2D eigenvalue weighted by atomic mass is 32.2. The third kappa shape index (κ3) is 7.65. The molecule has 0 radical (unpaired) electrons. The summed E-state index contributed by atoms with van der Waals surface area (Å²) in [6.45, 7) is 5.80. The number of halogens is 2. The number of amides is 1. The van der Waals surface area contributed by atoms with E-state index in [4.69, 9.17) is 20.6 Å². The predicted molar refractivity (Wildman–Crippen MR) is 142 cm³/mol. The zero-order valence-corrected chi connectivity index (χ0v) is 22.2. The Bertz CT molecular complexity index is 1450. The summed E-state index contributed by atoms with van der Waals surface area (Å²) in [6, 6.07) is 11.9. The maximum Gasteiger partial charge on any atom is 0.262 e. The highest BCUT2D eigenvalue weighted by molar-refractivity contribution is 7.89. The van der Waals surface area contributed by atoms with Crippen LogP contribution in [0, 0.1) is 17.0 Å². The van der Waals surface area contributed by atoms with Crippen LogP contribution in [0.25, 0.3) is 0 Å². The minimum Gasteiger partial charge on any atom is -0.490 e. The van der Waals surface area contributed by atoms with E-state index in [0.717, 1.165) is 12.1 Å². The molecule has 0 aromatic heterocycles. The summed E-state index contributed by atoms with van der Waals surface area (Å²) in [5, 5.41) is 10.6. The van der Waals surface area contributed by atoms with Gasteiger partial charge < -0.3 is 20.5 Å². The van der Waals surface area contributed by atoms with E-state index in [1.165, 1.54) is 0 Å². The Balaban J connectivity index is 1.94. The van der Waals surface area contributed by atoms with Crippen LogP contribution in [0.5, 0.6) is 11.5 Å². The number of hydrazine groups is 1. The van der Waals surface area contributed by atoms with Crippen LogP contribution in [0.4, 0.5) is 14.5 Å². The van der Waals surface area contributed by atoms with Crippen molar-refractivity contribution >= 4 is 27.5 Å². The van der Waals surface area contributed by atoms with Crippen molar-refractivity contribution in [2.45, 2.75) is 37.8 Å². The van der Waals surface area contributed by atoms with Gasteiger partial charge in [0.25, 0.3) is 15.9 Å². The second-order valence-electron chi connectivity index (χ2n) is 8.54.